The average molecular weight is 251 g/mol. The van der Waals surface area contributed by atoms with Crippen LogP contribution in [-0.4, -0.2) is 47.6 Å². The van der Waals surface area contributed by atoms with Gasteiger partial charge in [-0.25, -0.2) is 4.79 Å². The number of carboxylic acids is 1. The first-order valence-corrected chi connectivity index (χ1v) is 6.06. The van der Waals surface area contributed by atoms with Gasteiger partial charge in [0.05, 0.1) is 6.10 Å². The number of hydrogen-bond acceptors (Lipinski definition) is 5. The first-order chi connectivity index (χ1) is 8.66. The van der Waals surface area contributed by atoms with Gasteiger partial charge < -0.3 is 14.7 Å². The lowest BCUT2D eigenvalue weighted by molar-refractivity contribution is 0.0215. The molecule has 1 unspecified atom stereocenters. The summed E-state index contributed by atoms with van der Waals surface area (Å²) in [7, 11) is 1.91. The van der Waals surface area contributed by atoms with E-state index in [-0.39, 0.29) is 11.8 Å². The lowest BCUT2D eigenvalue weighted by Gasteiger charge is -2.27. The second-order valence-corrected chi connectivity index (χ2v) is 4.45. The molecule has 1 aromatic rings. The third-order valence-electron chi connectivity index (χ3n) is 3.01. The molecule has 18 heavy (non-hydrogen) atoms. The Morgan fingerprint density at radius 2 is 2.33 bits per heavy atom. The molecule has 2 heterocycles. The van der Waals surface area contributed by atoms with Gasteiger partial charge in [-0.3, -0.25) is 0 Å². The van der Waals surface area contributed by atoms with E-state index >= 15 is 0 Å². The van der Waals surface area contributed by atoms with Gasteiger partial charge in [0.15, 0.2) is 11.5 Å². The molecule has 0 radical (unpaired) electrons. The highest BCUT2D eigenvalue weighted by Gasteiger charge is 2.17. The fraction of sp³-hybridized carbons (Fsp3) is 0.583. The Hall–Kier alpha value is -1.69. The van der Waals surface area contributed by atoms with Gasteiger partial charge in [-0.15, -0.1) is 10.2 Å². The maximum absolute atomic E-state index is 10.7. The van der Waals surface area contributed by atoms with Crippen LogP contribution in [0, 0.1) is 0 Å². The minimum absolute atomic E-state index is 0.0407. The molecule has 1 atom stereocenters. The Bertz CT molecular complexity index is 402. The van der Waals surface area contributed by atoms with E-state index in [9.17, 15) is 4.79 Å². The standard InChI is InChI=1S/C12H17N3O3/c1-15(8-9-4-2-3-7-18-9)11-6-5-10(12(16)17)13-14-11/h5-6,9H,2-4,7-8H2,1H3,(H,16,17). The van der Waals surface area contributed by atoms with Gasteiger partial charge in [0.25, 0.3) is 0 Å². The van der Waals surface area contributed by atoms with Gasteiger partial charge in [-0.2, -0.15) is 0 Å². The minimum atomic E-state index is -1.06. The summed E-state index contributed by atoms with van der Waals surface area (Å²) >= 11 is 0. The third kappa shape index (κ3) is 3.16. The highest BCUT2D eigenvalue weighted by Crippen LogP contribution is 2.16. The van der Waals surface area contributed by atoms with E-state index in [1.165, 1.54) is 12.5 Å². The van der Waals surface area contributed by atoms with E-state index in [2.05, 4.69) is 10.2 Å². The molecule has 2 rings (SSSR count). The quantitative estimate of drug-likeness (QED) is 0.866. The van der Waals surface area contributed by atoms with Gasteiger partial charge in [-0.1, -0.05) is 0 Å². The van der Waals surface area contributed by atoms with Gasteiger partial charge in [0, 0.05) is 20.2 Å². The predicted octanol–water partition coefficient (Wildman–Crippen LogP) is 1.18. The summed E-state index contributed by atoms with van der Waals surface area (Å²) in [5.41, 5.74) is -0.0407. The SMILES string of the molecule is CN(CC1CCCCO1)c1ccc(C(=O)O)nn1. The summed E-state index contributed by atoms with van der Waals surface area (Å²) in [6.07, 6.45) is 3.62. The van der Waals surface area contributed by atoms with Crippen molar-refractivity contribution in [2.75, 3.05) is 25.1 Å². The topological polar surface area (TPSA) is 75.5 Å². The molecule has 0 spiro atoms. The van der Waals surface area contributed by atoms with Crippen LogP contribution in [0.3, 0.4) is 0 Å². The van der Waals surface area contributed by atoms with Crippen molar-refractivity contribution in [3.05, 3.63) is 17.8 Å². The summed E-state index contributed by atoms with van der Waals surface area (Å²) < 4.78 is 5.65. The van der Waals surface area contributed by atoms with E-state index in [1.54, 1.807) is 6.07 Å². The molecular formula is C12H17N3O3. The lowest BCUT2D eigenvalue weighted by Crippen LogP contribution is -2.33. The van der Waals surface area contributed by atoms with Crippen LogP contribution in [0.1, 0.15) is 29.8 Å². The Kier molecular flexibility index (Phi) is 4.09. The number of hydrogen-bond donors (Lipinski definition) is 1. The number of carbonyl (C=O) groups is 1. The van der Waals surface area contributed by atoms with E-state index in [0.717, 1.165) is 26.0 Å². The van der Waals surface area contributed by atoms with Gasteiger partial charge in [0.1, 0.15) is 0 Å². The maximum atomic E-state index is 10.7. The highest BCUT2D eigenvalue weighted by molar-refractivity contribution is 5.85. The molecule has 1 saturated heterocycles. The molecular weight excluding hydrogens is 234 g/mol. The molecule has 1 aromatic heterocycles. The molecule has 0 aromatic carbocycles. The number of nitrogens with zero attached hydrogens (tertiary/aromatic N) is 3. The normalized spacial score (nSPS) is 19.5. The molecule has 98 valence electrons. The van der Waals surface area contributed by atoms with Crippen LogP contribution >= 0.6 is 0 Å². The fourth-order valence-electron chi connectivity index (χ4n) is 1.99. The van der Waals surface area contributed by atoms with Crippen LogP contribution in [-0.2, 0) is 4.74 Å². The molecule has 1 aliphatic heterocycles. The summed E-state index contributed by atoms with van der Waals surface area (Å²) in [5, 5.41) is 16.3. The number of rotatable bonds is 4. The van der Waals surface area contributed by atoms with Gasteiger partial charge in [-0.05, 0) is 31.4 Å². The molecule has 1 N–H and O–H groups in total. The number of likely N-dealkylation sites (N-methyl/N-ethyl adjacent to an activating group) is 1. The Labute approximate surface area is 106 Å². The van der Waals surface area contributed by atoms with Crippen molar-refractivity contribution in [3.63, 3.8) is 0 Å². The molecule has 6 heteroatoms. The molecule has 6 nitrogen and oxygen atoms in total. The third-order valence-corrected chi connectivity index (χ3v) is 3.01. The zero-order valence-corrected chi connectivity index (χ0v) is 10.4. The van der Waals surface area contributed by atoms with Crippen molar-refractivity contribution in [1.29, 1.82) is 0 Å². The second kappa shape index (κ2) is 5.77. The predicted molar refractivity (Wildman–Crippen MR) is 65.9 cm³/mol. The monoisotopic (exact) mass is 251 g/mol. The average Bonchev–Trinajstić information content (AvgIpc) is 2.40. The number of aromatic carboxylic acids is 1. The van der Waals surface area contributed by atoms with Crippen molar-refractivity contribution >= 4 is 11.8 Å². The van der Waals surface area contributed by atoms with Gasteiger partial charge in [0.2, 0.25) is 0 Å². The van der Waals surface area contributed by atoms with Crippen molar-refractivity contribution in [1.82, 2.24) is 10.2 Å². The van der Waals surface area contributed by atoms with Crippen LogP contribution in [0.2, 0.25) is 0 Å². The van der Waals surface area contributed by atoms with Crippen LogP contribution in [0.15, 0.2) is 12.1 Å². The molecule has 0 saturated carbocycles. The van der Waals surface area contributed by atoms with E-state index in [0.29, 0.717) is 5.82 Å². The molecule has 1 fully saturated rings. The lowest BCUT2D eigenvalue weighted by atomic mass is 10.1. The number of anilines is 1. The summed E-state index contributed by atoms with van der Waals surface area (Å²) in [6.45, 7) is 1.57. The first kappa shape index (κ1) is 12.8. The molecule has 0 aliphatic carbocycles. The summed E-state index contributed by atoms with van der Waals surface area (Å²) in [5.74, 6) is -0.401. The second-order valence-electron chi connectivity index (χ2n) is 4.45. The van der Waals surface area contributed by atoms with Gasteiger partial charge >= 0.3 is 5.97 Å². The summed E-state index contributed by atoms with van der Waals surface area (Å²) in [6, 6.07) is 3.13. The first-order valence-electron chi connectivity index (χ1n) is 6.06. The van der Waals surface area contributed by atoms with Crippen LogP contribution in [0.5, 0.6) is 0 Å². The van der Waals surface area contributed by atoms with Crippen molar-refractivity contribution < 1.29 is 14.6 Å². The van der Waals surface area contributed by atoms with E-state index < -0.39 is 5.97 Å². The van der Waals surface area contributed by atoms with E-state index in [4.69, 9.17) is 9.84 Å². The number of ether oxygens (including phenoxy) is 1. The van der Waals surface area contributed by atoms with Crippen molar-refractivity contribution in [2.45, 2.75) is 25.4 Å². The molecule has 0 bridgehead atoms. The maximum Gasteiger partial charge on any atom is 0.356 e. The van der Waals surface area contributed by atoms with Crippen LogP contribution < -0.4 is 4.90 Å². The Balaban J connectivity index is 1.95. The van der Waals surface area contributed by atoms with Crippen molar-refractivity contribution in [2.24, 2.45) is 0 Å². The Morgan fingerprint density at radius 1 is 1.50 bits per heavy atom. The molecule has 0 amide bonds. The van der Waals surface area contributed by atoms with Crippen molar-refractivity contribution in [3.8, 4) is 0 Å². The zero-order valence-electron chi connectivity index (χ0n) is 10.4. The highest BCUT2D eigenvalue weighted by atomic mass is 16.5. The smallest absolute Gasteiger partial charge is 0.356 e. The molecule has 1 aliphatic rings. The number of carboxylic acid groups (broad SMARTS) is 1. The van der Waals surface area contributed by atoms with Crippen LogP contribution in [0.4, 0.5) is 5.82 Å². The summed E-state index contributed by atoms with van der Waals surface area (Å²) in [4.78, 5) is 12.6. The fourth-order valence-corrected chi connectivity index (χ4v) is 1.99. The minimum Gasteiger partial charge on any atom is -0.476 e. The Morgan fingerprint density at radius 3 is 2.89 bits per heavy atom. The zero-order chi connectivity index (χ0) is 13.0. The van der Waals surface area contributed by atoms with E-state index in [1.807, 2.05) is 11.9 Å². The largest absolute Gasteiger partial charge is 0.476 e. The van der Waals surface area contributed by atoms with Crippen LogP contribution in [0.25, 0.3) is 0 Å². The number of aromatic nitrogens is 2.